The van der Waals surface area contributed by atoms with Crippen LogP contribution in [0.3, 0.4) is 0 Å². The maximum Gasteiger partial charge on any atom is 0.237 e. The Hall–Kier alpha value is -0.990. The molecule has 0 aliphatic carbocycles. The van der Waals surface area contributed by atoms with Gasteiger partial charge >= 0.3 is 0 Å². The van der Waals surface area contributed by atoms with Crippen molar-refractivity contribution in [2.24, 2.45) is 11.7 Å². The summed E-state index contributed by atoms with van der Waals surface area (Å²) in [5.41, 5.74) is 6.88. The van der Waals surface area contributed by atoms with Crippen LogP contribution in [-0.4, -0.2) is 49.2 Å². The second-order valence-corrected chi connectivity index (χ2v) is 7.28. The van der Waals surface area contributed by atoms with E-state index in [-0.39, 0.29) is 42.7 Å². The van der Waals surface area contributed by atoms with Gasteiger partial charge in [0.25, 0.3) is 0 Å². The summed E-state index contributed by atoms with van der Waals surface area (Å²) in [4.78, 5) is 14.6. The van der Waals surface area contributed by atoms with Crippen molar-refractivity contribution >= 4 is 30.7 Å². The average Bonchev–Trinajstić information content (AvgIpc) is 2.66. The van der Waals surface area contributed by atoms with Crippen LogP contribution in [0.2, 0.25) is 0 Å². The zero-order chi connectivity index (χ0) is 18.5. The molecular formula is C19H29Cl2F2N3O2. The van der Waals surface area contributed by atoms with Crippen LogP contribution in [0.1, 0.15) is 31.2 Å². The van der Waals surface area contributed by atoms with Gasteiger partial charge in [0, 0.05) is 38.9 Å². The summed E-state index contributed by atoms with van der Waals surface area (Å²) in [6.45, 7) is 3.54. The van der Waals surface area contributed by atoms with Crippen molar-refractivity contribution in [2.45, 2.75) is 44.3 Å². The second-order valence-electron chi connectivity index (χ2n) is 7.28. The van der Waals surface area contributed by atoms with Gasteiger partial charge in [-0.05, 0) is 49.3 Å². The third-order valence-electron chi connectivity index (χ3n) is 5.40. The van der Waals surface area contributed by atoms with Crippen LogP contribution in [0.25, 0.3) is 0 Å². The molecule has 2 saturated heterocycles. The standard InChI is InChI=1S/C19H27F2N3O2.2ClH/c20-16-2-1-13(11-17(16)21)12-24-7-3-15(4-8-24)23-19(25)18(22)14-5-9-26-10-6-14;;/h1-2,11,14-15,18H,3-10,12,22H2,(H,23,25);2*1H. The van der Waals surface area contributed by atoms with Crippen LogP contribution >= 0.6 is 24.8 Å². The van der Waals surface area contributed by atoms with Crippen LogP contribution in [0.4, 0.5) is 8.78 Å². The summed E-state index contributed by atoms with van der Waals surface area (Å²) in [7, 11) is 0. The molecule has 160 valence electrons. The number of likely N-dealkylation sites (tertiary alicyclic amines) is 1. The maximum absolute atomic E-state index is 13.3. The van der Waals surface area contributed by atoms with E-state index in [4.69, 9.17) is 10.5 Å². The molecule has 3 rings (SSSR count). The Morgan fingerprint density at radius 3 is 2.39 bits per heavy atom. The number of nitrogens with one attached hydrogen (secondary N) is 1. The molecule has 1 aromatic carbocycles. The molecule has 2 fully saturated rings. The minimum Gasteiger partial charge on any atom is -0.381 e. The number of ether oxygens (including phenoxy) is 1. The number of nitrogens with zero attached hydrogens (tertiary/aromatic N) is 1. The fourth-order valence-corrected chi connectivity index (χ4v) is 3.72. The molecule has 1 aromatic rings. The summed E-state index contributed by atoms with van der Waals surface area (Å²) in [6, 6.07) is 3.67. The van der Waals surface area contributed by atoms with Crippen molar-refractivity contribution in [3.8, 4) is 0 Å². The van der Waals surface area contributed by atoms with Crippen LogP contribution in [0.15, 0.2) is 18.2 Å². The van der Waals surface area contributed by atoms with E-state index in [0.717, 1.165) is 50.4 Å². The molecule has 2 heterocycles. The van der Waals surface area contributed by atoms with Crippen molar-refractivity contribution in [1.29, 1.82) is 0 Å². The number of hydrogen-bond donors (Lipinski definition) is 2. The van der Waals surface area contributed by atoms with Gasteiger partial charge in [-0.2, -0.15) is 0 Å². The SMILES string of the molecule is Cl.Cl.NC(C(=O)NC1CCN(Cc2ccc(F)c(F)c2)CC1)C1CCOCC1. The largest absolute Gasteiger partial charge is 0.381 e. The quantitative estimate of drug-likeness (QED) is 0.739. The van der Waals surface area contributed by atoms with Gasteiger partial charge in [-0.15, -0.1) is 24.8 Å². The van der Waals surface area contributed by atoms with Crippen molar-refractivity contribution < 1.29 is 18.3 Å². The molecule has 9 heteroatoms. The average molecular weight is 440 g/mol. The Kier molecular flexibility index (Phi) is 10.6. The van der Waals surface area contributed by atoms with Gasteiger partial charge in [-0.3, -0.25) is 9.69 Å². The zero-order valence-electron chi connectivity index (χ0n) is 15.7. The van der Waals surface area contributed by atoms with E-state index in [1.54, 1.807) is 6.07 Å². The van der Waals surface area contributed by atoms with Crippen molar-refractivity contribution in [2.75, 3.05) is 26.3 Å². The first kappa shape index (κ1) is 25.0. The lowest BCUT2D eigenvalue weighted by Crippen LogP contribution is -2.52. The van der Waals surface area contributed by atoms with Gasteiger partial charge in [0.1, 0.15) is 0 Å². The number of nitrogens with two attached hydrogens (primary N) is 1. The van der Waals surface area contributed by atoms with Gasteiger partial charge in [-0.25, -0.2) is 8.78 Å². The Bertz CT molecular complexity index is 625. The highest BCUT2D eigenvalue weighted by Gasteiger charge is 2.29. The normalized spacial score (nSPS) is 20.0. The van der Waals surface area contributed by atoms with Crippen molar-refractivity contribution in [3.05, 3.63) is 35.4 Å². The van der Waals surface area contributed by atoms with E-state index in [0.29, 0.717) is 19.8 Å². The first-order chi connectivity index (χ1) is 12.5. The first-order valence-corrected chi connectivity index (χ1v) is 9.33. The van der Waals surface area contributed by atoms with Crippen molar-refractivity contribution in [3.63, 3.8) is 0 Å². The second kappa shape index (κ2) is 11.9. The minimum absolute atomic E-state index is 0. The lowest BCUT2D eigenvalue weighted by atomic mass is 9.91. The molecule has 28 heavy (non-hydrogen) atoms. The Morgan fingerprint density at radius 2 is 1.79 bits per heavy atom. The van der Waals surface area contributed by atoms with E-state index >= 15 is 0 Å². The third kappa shape index (κ3) is 6.81. The highest BCUT2D eigenvalue weighted by atomic mass is 35.5. The lowest BCUT2D eigenvalue weighted by Gasteiger charge is -2.34. The number of amides is 1. The minimum atomic E-state index is -0.823. The van der Waals surface area contributed by atoms with E-state index in [9.17, 15) is 13.6 Å². The maximum atomic E-state index is 13.3. The van der Waals surface area contributed by atoms with Gasteiger partial charge in [-0.1, -0.05) is 6.07 Å². The smallest absolute Gasteiger partial charge is 0.237 e. The highest BCUT2D eigenvalue weighted by molar-refractivity contribution is 5.85. The molecule has 5 nitrogen and oxygen atoms in total. The van der Waals surface area contributed by atoms with Crippen molar-refractivity contribution in [1.82, 2.24) is 10.2 Å². The Balaban J connectivity index is 0.00000196. The van der Waals surface area contributed by atoms with Gasteiger partial charge in [0.2, 0.25) is 5.91 Å². The summed E-state index contributed by atoms with van der Waals surface area (Å²) in [5.74, 6) is -1.52. The van der Waals surface area contributed by atoms with Crippen LogP contribution in [0.5, 0.6) is 0 Å². The zero-order valence-corrected chi connectivity index (χ0v) is 17.4. The molecule has 0 saturated carbocycles. The Morgan fingerprint density at radius 1 is 1.14 bits per heavy atom. The number of benzene rings is 1. The first-order valence-electron chi connectivity index (χ1n) is 9.33. The number of rotatable bonds is 5. The molecule has 1 unspecified atom stereocenters. The number of hydrogen-bond acceptors (Lipinski definition) is 4. The molecule has 1 amide bonds. The number of carbonyl (C=O) groups is 1. The summed E-state index contributed by atoms with van der Waals surface area (Å²) < 4.78 is 31.6. The summed E-state index contributed by atoms with van der Waals surface area (Å²) in [5, 5.41) is 3.08. The number of halogens is 4. The van der Waals surface area contributed by atoms with Crippen LogP contribution < -0.4 is 11.1 Å². The van der Waals surface area contributed by atoms with E-state index < -0.39 is 17.7 Å². The lowest BCUT2D eigenvalue weighted by molar-refractivity contribution is -0.125. The molecule has 0 spiro atoms. The third-order valence-corrected chi connectivity index (χ3v) is 5.40. The van der Waals surface area contributed by atoms with Crippen LogP contribution in [-0.2, 0) is 16.1 Å². The molecule has 3 N–H and O–H groups in total. The molecule has 0 aromatic heterocycles. The van der Waals surface area contributed by atoms with E-state index in [1.807, 2.05) is 0 Å². The molecule has 1 atom stereocenters. The molecular weight excluding hydrogens is 411 g/mol. The van der Waals surface area contributed by atoms with Crippen LogP contribution in [0, 0.1) is 17.6 Å². The summed E-state index contributed by atoms with van der Waals surface area (Å²) in [6.07, 6.45) is 3.33. The van der Waals surface area contributed by atoms with Gasteiger partial charge < -0.3 is 15.8 Å². The highest BCUT2D eigenvalue weighted by Crippen LogP contribution is 2.19. The molecule has 0 radical (unpaired) electrons. The summed E-state index contributed by atoms with van der Waals surface area (Å²) >= 11 is 0. The van der Waals surface area contributed by atoms with E-state index in [2.05, 4.69) is 10.2 Å². The topological polar surface area (TPSA) is 67.6 Å². The predicted molar refractivity (Wildman–Crippen MR) is 109 cm³/mol. The molecule has 2 aliphatic rings. The fraction of sp³-hybridized carbons (Fsp3) is 0.632. The van der Waals surface area contributed by atoms with Gasteiger partial charge in [0.05, 0.1) is 6.04 Å². The monoisotopic (exact) mass is 439 g/mol. The number of carbonyl (C=O) groups excluding carboxylic acids is 1. The predicted octanol–water partition coefficient (Wildman–Crippen LogP) is 2.64. The van der Waals surface area contributed by atoms with E-state index in [1.165, 1.54) is 6.07 Å². The van der Waals surface area contributed by atoms with Gasteiger partial charge in [0.15, 0.2) is 11.6 Å². The number of piperidine rings is 1. The molecule has 2 aliphatic heterocycles. The molecule has 0 bridgehead atoms. The Labute approximate surface area is 177 Å². The fourth-order valence-electron chi connectivity index (χ4n) is 3.72.